The standard InChI is InChI=1S/C23H20N2O2S2/c1-16-11-12-22(17(2)13-16)29(26,27)25-20-10-6-9-19(14-20)21-15-28-23(24-21)18-7-4-3-5-8-18/h3-15,25H,1-2H3. The topological polar surface area (TPSA) is 59.1 Å². The largest absolute Gasteiger partial charge is 0.280 e. The van der Waals surface area contributed by atoms with Gasteiger partial charge in [0.25, 0.3) is 10.0 Å². The van der Waals surface area contributed by atoms with Gasteiger partial charge in [-0.2, -0.15) is 0 Å². The summed E-state index contributed by atoms with van der Waals surface area (Å²) < 4.78 is 28.4. The summed E-state index contributed by atoms with van der Waals surface area (Å²) in [5.74, 6) is 0. The van der Waals surface area contributed by atoms with Gasteiger partial charge in [0.05, 0.1) is 10.6 Å². The van der Waals surface area contributed by atoms with E-state index in [0.29, 0.717) is 5.69 Å². The van der Waals surface area contributed by atoms with Crippen molar-refractivity contribution in [3.05, 3.63) is 89.3 Å². The minimum Gasteiger partial charge on any atom is -0.280 e. The third kappa shape index (κ3) is 4.23. The summed E-state index contributed by atoms with van der Waals surface area (Å²) >= 11 is 1.57. The summed E-state index contributed by atoms with van der Waals surface area (Å²) in [5.41, 5.74) is 5.01. The lowest BCUT2D eigenvalue weighted by Crippen LogP contribution is -2.14. The van der Waals surface area contributed by atoms with E-state index in [1.54, 1.807) is 36.5 Å². The van der Waals surface area contributed by atoms with Crippen LogP contribution in [0.5, 0.6) is 0 Å². The maximum atomic E-state index is 12.8. The SMILES string of the molecule is Cc1ccc(S(=O)(=O)Nc2cccc(-c3csc(-c4ccccc4)n3)c2)c(C)c1. The molecule has 4 rings (SSSR count). The molecule has 3 aromatic carbocycles. The molecule has 0 saturated heterocycles. The fraction of sp³-hybridized carbons (Fsp3) is 0.0870. The van der Waals surface area contributed by atoms with Crippen molar-refractivity contribution in [2.75, 3.05) is 4.72 Å². The fourth-order valence-corrected chi connectivity index (χ4v) is 5.29. The lowest BCUT2D eigenvalue weighted by molar-refractivity contribution is 0.600. The monoisotopic (exact) mass is 420 g/mol. The summed E-state index contributed by atoms with van der Waals surface area (Å²) in [5, 5.41) is 2.92. The number of aryl methyl sites for hydroxylation is 2. The van der Waals surface area contributed by atoms with Crippen LogP contribution in [0.25, 0.3) is 21.8 Å². The Labute approximate surface area is 175 Å². The third-order valence-electron chi connectivity index (χ3n) is 4.56. The minimum atomic E-state index is -3.67. The second kappa shape index (κ2) is 7.81. The van der Waals surface area contributed by atoms with E-state index >= 15 is 0 Å². The molecule has 0 aliphatic rings. The van der Waals surface area contributed by atoms with E-state index in [4.69, 9.17) is 4.98 Å². The van der Waals surface area contributed by atoms with Crippen molar-refractivity contribution in [2.45, 2.75) is 18.7 Å². The average molecular weight is 421 g/mol. The number of rotatable bonds is 5. The van der Waals surface area contributed by atoms with Crippen LogP contribution in [0.4, 0.5) is 5.69 Å². The molecule has 0 spiro atoms. The summed E-state index contributed by atoms with van der Waals surface area (Å²) in [6.45, 7) is 3.75. The number of hydrogen-bond acceptors (Lipinski definition) is 4. The zero-order valence-electron chi connectivity index (χ0n) is 16.1. The van der Waals surface area contributed by atoms with Gasteiger partial charge in [-0.3, -0.25) is 4.72 Å². The molecule has 0 amide bonds. The van der Waals surface area contributed by atoms with Gasteiger partial charge >= 0.3 is 0 Å². The molecule has 1 aromatic heterocycles. The van der Waals surface area contributed by atoms with Gasteiger partial charge in [0.2, 0.25) is 0 Å². The molecule has 4 nitrogen and oxygen atoms in total. The molecule has 29 heavy (non-hydrogen) atoms. The maximum absolute atomic E-state index is 12.8. The quantitative estimate of drug-likeness (QED) is 0.438. The summed E-state index contributed by atoms with van der Waals surface area (Å²) in [6, 6.07) is 22.6. The smallest absolute Gasteiger partial charge is 0.262 e. The molecular weight excluding hydrogens is 400 g/mol. The predicted molar refractivity (Wildman–Crippen MR) is 120 cm³/mol. The number of nitrogens with one attached hydrogen (secondary N) is 1. The Morgan fingerprint density at radius 1 is 0.862 bits per heavy atom. The van der Waals surface area contributed by atoms with Crippen LogP contribution in [0, 0.1) is 13.8 Å². The van der Waals surface area contributed by atoms with E-state index in [1.807, 2.05) is 66.9 Å². The van der Waals surface area contributed by atoms with Crippen LogP contribution in [-0.4, -0.2) is 13.4 Å². The number of thiazole rings is 1. The number of anilines is 1. The number of aromatic nitrogens is 1. The minimum absolute atomic E-state index is 0.286. The third-order valence-corrected chi connectivity index (χ3v) is 6.99. The van der Waals surface area contributed by atoms with Crippen molar-refractivity contribution in [1.29, 1.82) is 0 Å². The fourth-order valence-electron chi connectivity index (χ4n) is 3.17. The number of hydrogen-bond donors (Lipinski definition) is 1. The molecular formula is C23H20N2O2S2. The summed E-state index contributed by atoms with van der Waals surface area (Å²) in [7, 11) is -3.67. The molecule has 0 radical (unpaired) electrons. The Morgan fingerprint density at radius 3 is 2.38 bits per heavy atom. The van der Waals surface area contributed by atoms with E-state index in [-0.39, 0.29) is 4.90 Å². The van der Waals surface area contributed by atoms with Crippen LogP contribution in [0.2, 0.25) is 0 Å². The van der Waals surface area contributed by atoms with Gasteiger partial charge < -0.3 is 0 Å². The molecule has 0 saturated carbocycles. The molecule has 146 valence electrons. The molecule has 0 fully saturated rings. The lowest BCUT2D eigenvalue weighted by Gasteiger charge is -2.11. The Balaban J connectivity index is 1.62. The van der Waals surface area contributed by atoms with Crippen LogP contribution in [0.1, 0.15) is 11.1 Å². The highest BCUT2D eigenvalue weighted by Gasteiger charge is 2.17. The van der Waals surface area contributed by atoms with Gasteiger partial charge in [-0.15, -0.1) is 11.3 Å². The highest BCUT2D eigenvalue weighted by molar-refractivity contribution is 7.92. The van der Waals surface area contributed by atoms with Gasteiger partial charge in [-0.05, 0) is 37.6 Å². The highest BCUT2D eigenvalue weighted by Crippen LogP contribution is 2.30. The molecule has 0 bridgehead atoms. The van der Waals surface area contributed by atoms with Gasteiger partial charge in [-0.25, -0.2) is 13.4 Å². The first kappa shape index (κ1) is 19.4. The van der Waals surface area contributed by atoms with Crippen LogP contribution in [0.3, 0.4) is 0 Å². The van der Waals surface area contributed by atoms with E-state index < -0.39 is 10.0 Å². The molecule has 0 atom stereocenters. The Morgan fingerprint density at radius 2 is 1.62 bits per heavy atom. The van der Waals surface area contributed by atoms with Crippen molar-refractivity contribution >= 4 is 27.0 Å². The summed E-state index contributed by atoms with van der Waals surface area (Å²) in [4.78, 5) is 5.00. The van der Waals surface area contributed by atoms with E-state index in [2.05, 4.69) is 4.72 Å². The molecule has 0 aliphatic carbocycles. The van der Waals surface area contributed by atoms with E-state index in [0.717, 1.165) is 33.0 Å². The number of benzene rings is 3. The van der Waals surface area contributed by atoms with Crippen molar-refractivity contribution < 1.29 is 8.42 Å². The second-order valence-corrected chi connectivity index (χ2v) is 9.37. The number of sulfonamides is 1. The maximum Gasteiger partial charge on any atom is 0.262 e. The average Bonchev–Trinajstić information content (AvgIpc) is 3.18. The van der Waals surface area contributed by atoms with Gasteiger partial charge in [0.15, 0.2) is 0 Å². The van der Waals surface area contributed by atoms with Crippen molar-refractivity contribution in [1.82, 2.24) is 4.98 Å². The first-order valence-corrected chi connectivity index (χ1v) is 11.5. The van der Waals surface area contributed by atoms with Gasteiger partial charge in [0, 0.05) is 22.2 Å². The zero-order chi connectivity index (χ0) is 20.4. The Bertz CT molecular complexity index is 1260. The van der Waals surface area contributed by atoms with Crippen LogP contribution >= 0.6 is 11.3 Å². The van der Waals surface area contributed by atoms with Crippen LogP contribution < -0.4 is 4.72 Å². The molecule has 1 N–H and O–H groups in total. The van der Waals surface area contributed by atoms with E-state index in [1.165, 1.54) is 0 Å². The van der Waals surface area contributed by atoms with Gasteiger partial charge in [-0.1, -0.05) is 60.2 Å². The molecule has 0 aliphatic heterocycles. The second-order valence-electron chi connectivity index (χ2n) is 6.86. The van der Waals surface area contributed by atoms with Crippen LogP contribution in [-0.2, 0) is 10.0 Å². The molecule has 0 unspecified atom stereocenters. The molecule has 1 heterocycles. The first-order valence-electron chi connectivity index (χ1n) is 9.14. The lowest BCUT2D eigenvalue weighted by atomic mass is 10.1. The molecule has 6 heteroatoms. The normalized spacial score (nSPS) is 11.4. The first-order chi connectivity index (χ1) is 13.9. The van der Waals surface area contributed by atoms with Crippen molar-refractivity contribution in [3.63, 3.8) is 0 Å². The Hall–Kier alpha value is -2.96. The highest BCUT2D eigenvalue weighted by atomic mass is 32.2. The summed E-state index contributed by atoms with van der Waals surface area (Å²) in [6.07, 6.45) is 0. The Kier molecular flexibility index (Phi) is 5.22. The van der Waals surface area contributed by atoms with Crippen molar-refractivity contribution in [2.24, 2.45) is 0 Å². The van der Waals surface area contributed by atoms with Crippen LogP contribution in [0.15, 0.2) is 83.1 Å². The van der Waals surface area contributed by atoms with Gasteiger partial charge in [0.1, 0.15) is 5.01 Å². The zero-order valence-corrected chi connectivity index (χ0v) is 17.7. The number of nitrogens with zero attached hydrogens (tertiary/aromatic N) is 1. The molecule has 4 aromatic rings. The predicted octanol–water partition coefficient (Wildman–Crippen LogP) is 5.89. The van der Waals surface area contributed by atoms with E-state index in [9.17, 15) is 8.42 Å². The van der Waals surface area contributed by atoms with Crippen molar-refractivity contribution in [3.8, 4) is 21.8 Å².